The smallest absolute Gasteiger partial charge is 0.150 e. The topological polar surface area (TPSA) is 60.2 Å². The van der Waals surface area contributed by atoms with Gasteiger partial charge in [-0.05, 0) is 43.6 Å². The van der Waals surface area contributed by atoms with E-state index in [1.165, 1.54) is 12.8 Å². The van der Waals surface area contributed by atoms with Crippen molar-refractivity contribution in [2.45, 2.75) is 39.5 Å². The second kappa shape index (κ2) is 4.83. The molecular weight excluding hydrogens is 210 g/mol. The summed E-state index contributed by atoms with van der Waals surface area (Å²) in [5, 5.41) is 0. The zero-order valence-electron chi connectivity index (χ0n) is 9.83. The molecule has 1 aliphatic carbocycles. The molecule has 0 spiro atoms. The van der Waals surface area contributed by atoms with E-state index in [0.29, 0.717) is 30.4 Å². The third-order valence-electron chi connectivity index (χ3n) is 3.53. The summed E-state index contributed by atoms with van der Waals surface area (Å²) < 4.78 is 23.2. The first kappa shape index (κ1) is 13.0. The first-order valence-corrected chi connectivity index (χ1v) is 7.66. The average Bonchev–Trinajstić information content (AvgIpc) is 2.98. The highest BCUT2D eigenvalue weighted by Gasteiger charge is 2.40. The Labute approximate surface area is 93.3 Å². The van der Waals surface area contributed by atoms with E-state index in [2.05, 4.69) is 6.92 Å². The van der Waals surface area contributed by atoms with Crippen LogP contribution in [0, 0.1) is 11.3 Å². The summed E-state index contributed by atoms with van der Waals surface area (Å²) in [4.78, 5) is 0. The summed E-state index contributed by atoms with van der Waals surface area (Å²) >= 11 is 0. The molecule has 0 aromatic rings. The van der Waals surface area contributed by atoms with E-state index in [0.717, 1.165) is 6.42 Å². The lowest BCUT2D eigenvalue weighted by atomic mass is 9.82. The number of rotatable bonds is 7. The van der Waals surface area contributed by atoms with Gasteiger partial charge in [-0.1, -0.05) is 13.8 Å². The van der Waals surface area contributed by atoms with Gasteiger partial charge in [0.15, 0.2) is 0 Å². The van der Waals surface area contributed by atoms with E-state index in [1.54, 1.807) is 0 Å². The van der Waals surface area contributed by atoms with Crippen molar-refractivity contribution in [2.24, 2.45) is 17.1 Å². The van der Waals surface area contributed by atoms with E-state index >= 15 is 0 Å². The average molecular weight is 233 g/mol. The van der Waals surface area contributed by atoms with Crippen LogP contribution >= 0.6 is 0 Å². The first-order chi connectivity index (χ1) is 6.93. The van der Waals surface area contributed by atoms with Gasteiger partial charge >= 0.3 is 0 Å². The van der Waals surface area contributed by atoms with Crippen molar-refractivity contribution in [1.29, 1.82) is 0 Å². The van der Waals surface area contributed by atoms with Crippen LogP contribution in [0.5, 0.6) is 0 Å². The van der Waals surface area contributed by atoms with Crippen molar-refractivity contribution >= 4 is 9.84 Å². The van der Waals surface area contributed by atoms with Crippen LogP contribution in [0.2, 0.25) is 0 Å². The molecule has 1 atom stereocenters. The third kappa shape index (κ3) is 3.76. The van der Waals surface area contributed by atoms with Gasteiger partial charge in [0.05, 0.1) is 5.75 Å². The minimum absolute atomic E-state index is 0.0564. The van der Waals surface area contributed by atoms with Crippen LogP contribution in [0.3, 0.4) is 0 Å². The Hall–Kier alpha value is -0.0900. The van der Waals surface area contributed by atoms with Crippen molar-refractivity contribution in [3.05, 3.63) is 0 Å². The molecule has 0 radical (unpaired) electrons. The minimum atomic E-state index is -2.84. The van der Waals surface area contributed by atoms with Crippen LogP contribution in [-0.2, 0) is 9.84 Å². The minimum Gasteiger partial charge on any atom is -0.330 e. The van der Waals surface area contributed by atoms with Gasteiger partial charge in [-0.15, -0.1) is 0 Å². The standard InChI is InChI=1S/C11H23NO2S/c1-3-7-15(13,14)8-6-11(2,9-12)10-4-5-10/h10H,3-9,12H2,1-2H3. The molecule has 90 valence electrons. The van der Waals surface area contributed by atoms with E-state index in [-0.39, 0.29) is 5.41 Å². The molecule has 0 heterocycles. The van der Waals surface area contributed by atoms with Gasteiger partial charge in [-0.2, -0.15) is 0 Å². The molecule has 1 unspecified atom stereocenters. The number of hydrogen-bond acceptors (Lipinski definition) is 3. The van der Waals surface area contributed by atoms with Crippen LogP contribution in [0.1, 0.15) is 39.5 Å². The Morgan fingerprint density at radius 3 is 2.33 bits per heavy atom. The zero-order valence-corrected chi connectivity index (χ0v) is 10.6. The monoisotopic (exact) mass is 233 g/mol. The molecule has 0 aromatic heterocycles. The second-order valence-corrected chi connectivity index (χ2v) is 7.34. The number of sulfone groups is 1. The molecule has 2 N–H and O–H groups in total. The Kier molecular flexibility index (Phi) is 4.18. The van der Waals surface area contributed by atoms with Gasteiger partial charge in [0, 0.05) is 5.75 Å². The fraction of sp³-hybridized carbons (Fsp3) is 1.00. The maximum absolute atomic E-state index is 11.6. The van der Waals surface area contributed by atoms with Crippen molar-refractivity contribution in [3.8, 4) is 0 Å². The quantitative estimate of drug-likeness (QED) is 0.726. The normalized spacial score (nSPS) is 21.3. The lowest BCUT2D eigenvalue weighted by Gasteiger charge is -2.27. The first-order valence-electron chi connectivity index (χ1n) is 5.84. The fourth-order valence-electron chi connectivity index (χ4n) is 2.05. The van der Waals surface area contributed by atoms with Crippen molar-refractivity contribution in [1.82, 2.24) is 0 Å². The highest BCUT2D eigenvalue weighted by Crippen LogP contribution is 2.47. The van der Waals surface area contributed by atoms with Crippen LogP contribution < -0.4 is 5.73 Å². The van der Waals surface area contributed by atoms with Crippen molar-refractivity contribution in [2.75, 3.05) is 18.1 Å². The Morgan fingerprint density at radius 2 is 1.93 bits per heavy atom. The van der Waals surface area contributed by atoms with Crippen LogP contribution in [0.15, 0.2) is 0 Å². The number of hydrogen-bond donors (Lipinski definition) is 1. The van der Waals surface area contributed by atoms with E-state index in [4.69, 9.17) is 5.73 Å². The molecule has 1 saturated carbocycles. The zero-order chi connectivity index (χ0) is 11.5. The lowest BCUT2D eigenvalue weighted by molar-refractivity contribution is 0.273. The van der Waals surface area contributed by atoms with Gasteiger partial charge in [0.25, 0.3) is 0 Å². The van der Waals surface area contributed by atoms with Crippen molar-refractivity contribution < 1.29 is 8.42 Å². The highest BCUT2D eigenvalue weighted by atomic mass is 32.2. The molecule has 15 heavy (non-hydrogen) atoms. The molecule has 0 bridgehead atoms. The fourth-order valence-corrected chi connectivity index (χ4v) is 3.66. The molecule has 3 nitrogen and oxygen atoms in total. The van der Waals surface area contributed by atoms with Gasteiger partial charge < -0.3 is 5.73 Å². The molecule has 1 aliphatic rings. The summed E-state index contributed by atoms with van der Waals surface area (Å²) in [7, 11) is -2.84. The molecule has 1 fully saturated rings. The summed E-state index contributed by atoms with van der Waals surface area (Å²) in [6.45, 7) is 4.64. The van der Waals surface area contributed by atoms with Crippen molar-refractivity contribution in [3.63, 3.8) is 0 Å². The van der Waals surface area contributed by atoms with Gasteiger partial charge in [0.2, 0.25) is 0 Å². The molecule has 1 rings (SSSR count). The van der Waals surface area contributed by atoms with Crippen LogP contribution in [-0.4, -0.2) is 26.5 Å². The molecule has 0 aliphatic heterocycles. The summed E-state index contributed by atoms with van der Waals surface area (Å²) in [6.07, 6.45) is 3.89. The summed E-state index contributed by atoms with van der Waals surface area (Å²) in [6, 6.07) is 0. The Balaban J connectivity index is 2.47. The van der Waals surface area contributed by atoms with Crippen LogP contribution in [0.25, 0.3) is 0 Å². The molecule has 0 aromatic carbocycles. The Morgan fingerprint density at radius 1 is 1.33 bits per heavy atom. The molecular formula is C11H23NO2S. The molecule has 0 saturated heterocycles. The molecule has 4 heteroatoms. The summed E-state index contributed by atoms with van der Waals surface area (Å²) in [5.74, 6) is 1.29. The lowest BCUT2D eigenvalue weighted by Crippen LogP contribution is -2.32. The largest absolute Gasteiger partial charge is 0.330 e. The highest BCUT2D eigenvalue weighted by molar-refractivity contribution is 7.91. The predicted molar refractivity (Wildman–Crippen MR) is 63.4 cm³/mol. The van der Waals surface area contributed by atoms with E-state index < -0.39 is 9.84 Å². The predicted octanol–water partition coefficient (Wildman–Crippen LogP) is 1.58. The van der Waals surface area contributed by atoms with E-state index in [9.17, 15) is 8.42 Å². The van der Waals surface area contributed by atoms with Gasteiger partial charge in [0.1, 0.15) is 9.84 Å². The maximum Gasteiger partial charge on any atom is 0.150 e. The molecule has 0 amide bonds. The SMILES string of the molecule is CCCS(=O)(=O)CCC(C)(CN)C1CC1. The summed E-state index contributed by atoms with van der Waals surface area (Å²) in [5.41, 5.74) is 5.81. The second-order valence-electron chi connectivity index (χ2n) is 5.03. The van der Waals surface area contributed by atoms with Crippen LogP contribution in [0.4, 0.5) is 0 Å². The van der Waals surface area contributed by atoms with Gasteiger partial charge in [-0.3, -0.25) is 0 Å². The van der Waals surface area contributed by atoms with Gasteiger partial charge in [-0.25, -0.2) is 8.42 Å². The number of nitrogens with two attached hydrogens (primary N) is 1. The Bertz CT molecular complexity index is 296. The third-order valence-corrected chi connectivity index (χ3v) is 5.38. The van der Waals surface area contributed by atoms with E-state index in [1.807, 2.05) is 6.92 Å². The maximum atomic E-state index is 11.6.